The number of hydrogen-bond donors (Lipinski definition) is 0. The summed E-state index contributed by atoms with van der Waals surface area (Å²) in [5.41, 5.74) is 0. The molecule has 2 saturated carbocycles. The second-order valence-corrected chi connectivity index (χ2v) is 5.67. The van der Waals surface area contributed by atoms with Crippen molar-refractivity contribution < 1.29 is 19.5 Å². The molecule has 0 saturated heterocycles. The molecular weight excluding hydrogens is 234 g/mol. The summed E-state index contributed by atoms with van der Waals surface area (Å²) >= 11 is 0. The minimum Gasteiger partial charge on any atom is -0.328 e. The predicted molar refractivity (Wildman–Crippen MR) is 62.0 cm³/mol. The van der Waals surface area contributed by atoms with Gasteiger partial charge in [-0.2, -0.15) is 12.8 Å². The maximum atomic E-state index is 2.49. The SMILES string of the molecule is CC1CCC(CC2CC[CH-]CC2)CC1.[Zn]. The molecule has 0 aromatic carbocycles. The Morgan fingerprint density at radius 3 is 2.00 bits per heavy atom. The summed E-state index contributed by atoms with van der Waals surface area (Å²) in [5, 5.41) is 0. The molecule has 0 aromatic heterocycles. The molecule has 0 nitrogen and oxygen atoms in total. The zero-order valence-electron chi connectivity index (χ0n) is 10.4. The summed E-state index contributed by atoms with van der Waals surface area (Å²) < 4.78 is 0. The minimum atomic E-state index is 0. The van der Waals surface area contributed by atoms with Crippen LogP contribution < -0.4 is 0 Å². The van der Waals surface area contributed by atoms with Crippen molar-refractivity contribution in [2.75, 3.05) is 0 Å². The molecule has 84 valence electrons. The summed E-state index contributed by atoms with van der Waals surface area (Å²) in [6.45, 7) is 2.42. The summed E-state index contributed by atoms with van der Waals surface area (Å²) in [4.78, 5) is 0. The van der Waals surface area contributed by atoms with Crippen molar-refractivity contribution in [3.63, 3.8) is 0 Å². The first-order valence-corrected chi connectivity index (χ1v) is 6.66. The van der Waals surface area contributed by atoms with Crippen LogP contribution in [0.1, 0.15) is 64.7 Å². The molecule has 0 aliphatic heterocycles. The Kier molecular flexibility index (Phi) is 6.43. The average Bonchev–Trinajstić information content (AvgIpc) is 2.23. The van der Waals surface area contributed by atoms with Gasteiger partial charge in [-0.3, -0.25) is 0 Å². The molecule has 0 amide bonds. The third-order valence-corrected chi connectivity index (χ3v) is 4.36. The van der Waals surface area contributed by atoms with E-state index in [0.29, 0.717) is 0 Å². The zero-order chi connectivity index (χ0) is 9.80. The third kappa shape index (κ3) is 4.55. The molecule has 2 aliphatic carbocycles. The van der Waals surface area contributed by atoms with Gasteiger partial charge in [0.15, 0.2) is 0 Å². The second-order valence-electron chi connectivity index (χ2n) is 5.67. The second kappa shape index (κ2) is 7.05. The van der Waals surface area contributed by atoms with Crippen molar-refractivity contribution in [2.45, 2.75) is 64.7 Å². The first kappa shape index (κ1) is 13.7. The maximum absolute atomic E-state index is 2.49. The Morgan fingerprint density at radius 1 is 0.867 bits per heavy atom. The summed E-state index contributed by atoms with van der Waals surface area (Å²) in [6, 6.07) is 0. The molecule has 0 heterocycles. The topological polar surface area (TPSA) is 0 Å². The van der Waals surface area contributed by atoms with Crippen LogP contribution in [0, 0.1) is 24.2 Å². The molecule has 2 rings (SSSR count). The monoisotopic (exact) mass is 257 g/mol. The van der Waals surface area contributed by atoms with Crippen LogP contribution in [0.3, 0.4) is 0 Å². The Labute approximate surface area is 108 Å². The molecule has 1 heteroatoms. The Hall–Kier alpha value is 0.623. The van der Waals surface area contributed by atoms with Gasteiger partial charge in [0.05, 0.1) is 0 Å². The molecule has 0 unspecified atom stereocenters. The van der Waals surface area contributed by atoms with Crippen LogP contribution >= 0.6 is 0 Å². The van der Waals surface area contributed by atoms with Crippen molar-refractivity contribution in [3.8, 4) is 0 Å². The van der Waals surface area contributed by atoms with Crippen LogP contribution in [0.15, 0.2) is 0 Å². The molecule has 0 radical (unpaired) electrons. The Balaban J connectivity index is 0.00000112. The summed E-state index contributed by atoms with van der Waals surface area (Å²) in [6.07, 6.45) is 15.9. The van der Waals surface area contributed by atoms with Crippen molar-refractivity contribution in [1.29, 1.82) is 0 Å². The van der Waals surface area contributed by atoms with E-state index in [1.54, 1.807) is 6.42 Å². The van der Waals surface area contributed by atoms with E-state index in [0.717, 1.165) is 17.8 Å². The molecule has 2 aliphatic rings. The van der Waals surface area contributed by atoms with E-state index in [2.05, 4.69) is 13.3 Å². The molecule has 0 atom stereocenters. The van der Waals surface area contributed by atoms with E-state index in [-0.39, 0.29) is 19.5 Å². The molecule has 0 spiro atoms. The van der Waals surface area contributed by atoms with Gasteiger partial charge < -0.3 is 6.42 Å². The molecule has 0 bridgehead atoms. The van der Waals surface area contributed by atoms with E-state index < -0.39 is 0 Å². The Morgan fingerprint density at radius 2 is 1.40 bits per heavy atom. The predicted octanol–water partition coefficient (Wildman–Crippen LogP) is 4.59. The molecule has 0 N–H and O–H groups in total. The maximum Gasteiger partial charge on any atom is 0 e. The van der Waals surface area contributed by atoms with Gasteiger partial charge in [-0.25, -0.2) is 0 Å². The van der Waals surface area contributed by atoms with Gasteiger partial charge in [0.1, 0.15) is 0 Å². The van der Waals surface area contributed by atoms with E-state index in [1.807, 2.05) is 0 Å². The van der Waals surface area contributed by atoms with Gasteiger partial charge in [-0.05, 0) is 24.2 Å². The third-order valence-electron chi connectivity index (χ3n) is 4.36. The summed E-state index contributed by atoms with van der Waals surface area (Å²) in [5.74, 6) is 3.19. The molecular formula is C14H25Zn-. The first-order chi connectivity index (χ1) is 6.84. The van der Waals surface area contributed by atoms with Gasteiger partial charge in [0.25, 0.3) is 0 Å². The quantitative estimate of drug-likeness (QED) is 0.502. The molecule has 15 heavy (non-hydrogen) atoms. The van der Waals surface area contributed by atoms with Crippen LogP contribution in [0.25, 0.3) is 0 Å². The van der Waals surface area contributed by atoms with E-state index in [1.165, 1.54) is 51.4 Å². The van der Waals surface area contributed by atoms with Crippen molar-refractivity contribution >= 4 is 0 Å². The van der Waals surface area contributed by atoms with Gasteiger partial charge in [0.2, 0.25) is 0 Å². The minimum absolute atomic E-state index is 0. The van der Waals surface area contributed by atoms with Crippen LogP contribution in [0.4, 0.5) is 0 Å². The van der Waals surface area contributed by atoms with Crippen LogP contribution in [0.2, 0.25) is 0 Å². The summed E-state index contributed by atoms with van der Waals surface area (Å²) in [7, 11) is 0. The van der Waals surface area contributed by atoms with Gasteiger partial charge in [-0.1, -0.05) is 45.4 Å². The van der Waals surface area contributed by atoms with Crippen molar-refractivity contribution in [1.82, 2.24) is 0 Å². The fourth-order valence-electron chi connectivity index (χ4n) is 3.27. The van der Waals surface area contributed by atoms with E-state index in [9.17, 15) is 0 Å². The molecule has 0 aromatic rings. The van der Waals surface area contributed by atoms with Crippen LogP contribution in [-0.4, -0.2) is 0 Å². The van der Waals surface area contributed by atoms with Crippen LogP contribution in [-0.2, 0) is 19.5 Å². The first-order valence-electron chi connectivity index (χ1n) is 6.66. The normalized spacial score (nSPS) is 33.4. The van der Waals surface area contributed by atoms with Crippen LogP contribution in [0.5, 0.6) is 0 Å². The van der Waals surface area contributed by atoms with Crippen molar-refractivity contribution in [3.05, 3.63) is 6.42 Å². The van der Waals surface area contributed by atoms with Gasteiger partial charge >= 0.3 is 0 Å². The van der Waals surface area contributed by atoms with E-state index >= 15 is 0 Å². The number of hydrogen-bond acceptors (Lipinski definition) is 0. The standard InChI is InChI=1S/C14H25.Zn/c1-12-7-9-14(10-8-12)11-13-5-3-2-4-6-13;/h2,12-14H,3-11H2,1H3;/q-1;. The smallest absolute Gasteiger partial charge is 0 e. The fraction of sp³-hybridized carbons (Fsp3) is 0.929. The van der Waals surface area contributed by atoms with Gasteiger partial charge in [0, 0.05) is 19.5 Å². The van der Waals surface area contributed by atoms with Gasteiger partial charge in [-0.15, -0.1) is 0 Å². The fourth-order valence-corrected chi connectivity index (χ4v) is 3.27. The van der Waals surface area contributed by atoms with E-state index in [4.69, 9.17) is 0 Å². The number of rotatable bonds is 2. The van der Waals surface area contributed by atoms with Crippen molar-refractivity contribution in [2.24, 2.45) is 17.8 Å². The largest absolute Gasteiger partial charge is 0.328 e. The molecule has 2 fully saturated rings. The Bertz CT molecular complexity index is 153. The average molecular weight is 259 g/mol. The zero-order valence-corrected chi connectivity index (χ0v) is 13.3.